The Morgan fingerprint density at radius 2 is 0.914 bits per heavy atom. The van der Waals surface area contributed by atoms with Crippen LogP contribution in [0.3, 0.4) is 0 Å². The molecule has 412 valence electrons. The topological polar surface area (TPSA) is 136 Å². The summed E-state index contributed by atoms with van der Waals surface area (Å²) in [6, 6.07) is 0.456. The van der Waals surface area contributed by atoms with Crippen LogP contribution in [0.4, 0.5) is 0 Å². The van der Waals surface area contributed by atoms with E-state index in [0.717, 1.165) is 149 Å². The van der Waals surface area contributed by atoms with Gasteiger partial charge in [0.2, 0.25) is 0 Å². The molecule has 2 aliphatic heterocycles. The number of carbonyl (C=O) groups excluding carboxylic acids is 2. The SMILES string of the molecule is CCCCCCOCC(COCCCCCC)OC(=O)CCCCCCCN(CCCCCCCC(=O)OC(COCCCCCC)COCCCCCC)CC1N=NN(CCN2CCNCC2)C1C. The lowest BCUT2D eigenvalue weighted by Gasteiger charge is -2.31. The highest BCUT2D eigenvalue weighted by atomic mass is 16.6. The third-order valence-corrected chi connectivity index (χ3v) is 13.7. The third kappa shape index (κ3) is 36.1. The number of nitrogens with zero attached hydrogens (tertiary/aromatic N) is 5. The first-order chi connectivity index (χ1) is 34.4. The Kier molecular flexibility index (Phi) is 42.9. The van der Waals surface area contributed by atoms with E-state index < -0.39 is 0 Å². The second kappa shape index (κ2) is 46.8. The normalized spacial score (nSPS) is 16.4. The average molecular weight is 996 g/mol. The van der Waals surface area contributed by atoms with Crippen molar-refractivity contribution in [2.45, 2.75) is 239 Å². The summed E-state index contributed by atoms with van der Waals surface area (Å²) < 4.78 is 35.4. The van der Waals surface area contributed by atoms with Gasteiger partial charge in [-0.15, -0.1) is 0 Å². The molecule has 70 heavy (non-hydrogen) atoms. The van der Waals surface area contributed by atoms with Gasteiger partial charge in [0.15, 0.2) is 0 Å². The minimum absolute atomic E-state index is 0.140. The summed E-state index contributed by atoms with van der Waals surface area (Å²) in [5, 5.41) is 15.1. The molecule has 2 heterocycles. The lowest BCUT2D eigenvalue weighted by molar-refractivity contribution is -0.157. The fourth-order valence-electron chi connectivity index (χ4n) is 9.06. The second-order valence-electron chi connectivity index (χ2n) is 20.4. The first-order valence-electron chi connectivity index (χ1n) is 29.4. The van der Waals surface area contributed by atoms with Crippen molar-refractivity contribution in [3.63, 3.8) is 0 Å². The number of hydrogen-bond donors (Lipinski definition) is 1. The predicted octanol–water partition coefficient (Wildman–Crippen LogP) is 11.5. The number of hydrogen-bond acceptors (Lipinski definition) is 14. The lowest BCUT2D eigenvalue weighted by atomic mass is 10.1. The molecular weight excluding hydrogens is 885 g/mol. The van der Waals surface area contributed by atoms with E-state index >= 15 is 0 Å². The Balaban J connectivity index is 1.77. The van der Waals surface area contributed by atoms with Crippen LogP contribution in [0.25, 0.3) is 0 Å². The molecule has 0 amide bonds. The van der Waals surface area contributed by atoms with Crippen molar-refractivity contribution in [1.29, 1.82) is 0 Å². The lowest BCUT2D eigenvalue weighted by Crippen LogP contribution is -2.47. The minimum atomic E-state index is -0.343. The maximum Gasteiger partial charge on any atom is 0.306 e. The molecule has 2 rings (SSSR count). The van der Waals surface area contributed by atoms with Crippen molar-refractivity contribution < 1.29 is 38.0 Å². The summed E-state index contributed by atoms with van der Waals surface area (Å²) in [4.78, 5) is 30.9. The number of esters is 2. The van der Waals surface area contributed by atoms with Crippen LogP contribution in [0, 0.1) is 0 Å². The molecule has 0 aromatic heterocycles. The van der Waals surface area contributed by atoms with E-state index in [1.54, 1.807) is 0 Å². The van der Waals surface area contributed by atoms with E-state index in [4.69, 9.17) is 33.5 Å². The summed E-state index contributed by atoms with van der Waals surface area (Å²) in [5.41, 5.74) is 0. The number of nitrogens with one attached hydrogen (secondary N) is 1. The zero-order valence-corrected chi connectivity index (χ0v) is 46.1. The van der Waals surface area contributed by atoms with Crippen LogP contribution < -0.4 is 5.32 Å². The van der Waals surface area contributed by atoms with Crippen LogP contribution in [-0.4, -0.2) is 163 Å². The highest BCUT2D eigenvalue weighted by Crippen LogP contribution is 2.20. The summed E-state index contributed by atoms with van der Waals surface area (Å²) >= 11 is 0. The molecule has 0 aromatic rings. The maximum absolute atomic E-state index is 12.9. The van der Waals surface area contributed by atoms with Crippen LogP contribution in [0.5, 0.6) is 0 Å². The molecular formula is C56H110N6O8. The Bertz CT molecular complexity index is 1120. The van der Waals surface area contributed by atoms with Crippen molar-refractivity contribution in [2.75, 3.05) is 112 Å². The van der Waals surface area contributed by atoms with Gasteiger partial charge in [-0.2, -0.15) is 5.11 Å². The van der Waals surface area contributed by atoms with Gasteiger partial charge < -0.3 is 38.6 Å². The van der Waals surface area contributed by atoms with Crippen LogP contribution >= 0.6 is 0 Å². The fraction of sp³-hybridized carbons (Fsp3) is 0.964. The predicted molar refractivity (Wildman–Crippen MR) is 286 cm³/mol. The molecule has 0 aliphatic carbocycles. The smallest absolute Gasteiger partial charge is 0.306 e. The Hall–Kier alpha value is -1.94. The molecule has 0 spiro atoms. The summed E-state index contributed by atoms with van der Waals surface area (Å²) in [5.74, 6) is -0.280. The maximum atomic E-state index is 12.9. The quantitative estimate of drug-likeness (QED) is 0.0459. The number of rotatable bonds is 51. The van der Waals surface area contributed by atoms with Gasteiger partial charge in [0.25, 0.3) is 0 Å². The second-order valence-corrected chi connectivity index (χ2v) is 20.4. The van der Waals surface area contributed by atoms with Crippen LogP contribution in [0.2, 0.25) is 0 Å². The molecule has 0 bridgehead atoms. The zero-order valence-electron chi connectivity index (χ0n) is 46.1. The zero-order chi connectivity index (χ0) is 50.4. The van der Waals surface area contributed by atoms with Gasteiger partial charge >= 0.3 is 11.9 Å². The summed E-state index contributed by atoms with van der Waals surface area (Å²) in [7, 11) is 0. The van der Waals surface area contributed by atoms with Gasteiger partial charge in [0.05, 0.1) is 39.0 Å². The standard InChI is InChI=1S/C56H110N6O8/c1-6-10-14-28-42-65-47-52(48-66-43-29-15-11-7-2)69-55(63)32-24-20-18-22-26-36-61(46-54-51(5)62(59-58-54)41-40-60-38-34-57-35-39-60)37-27-23-19-21-25-33-56(64)70-53(49-67-44-30-16-12-8-3)50-68-45-31-17-13-9-4/h51-54,57H,6-50H2,1-5H3. The van der Waals surface area contributed by atoms with Crippen LogP contribution in [0.15, 0.2) is 10.3 Å². The molecule has 0 aromatic carbocycles. The van der Waals surface area contributed by atoms with E-state index in [0.29, 0.717) is 65.7 Å². The van der Waals surface area contributed by atoms with E-state index in [1.165, 1.54) is 77.0 Å². The highest BCUT2D eigenvalue weighted by molar-refractivity contribution is 5.69. The van der Waals surface area contributed by atoms with E-state index in [1.807, 2.05) is 0 Å². The summed E-state index contributed by atoms with van der Waals surface area (Å²) in [6.45, 7) is 24.8. The van der Waals surface area contributed by atoms with E-state index in [2.05, 4.69) is 60.0 Å². The monoisotopic (exact) mass is 995 g/mol. The largest absolute Gasteiger partial charge is 0.457 e. The number of unbranched alkanes of at least 4 members (excludes halogenated alkanes) is 20. The fourth-order valence-corrected chi connectivity index (χ4v) is 9.06. The Morgan fingerprint density at radius 3 is 1.33 bits per heavy atom. The van der Waals surface area contributed by atoms with Gasteiger partial charge in [0.1, 0.15) is 18.2 Å². The van der Waals surface area contributed by atoms with E-state index in [9.17, 15) is 9.59 Å². The van der Waals surface area contributed by atoms with Crippen molar-refractivity contribution in [1.82, 2.24) is 20.1 Å². The van der Waals surface area contributed by atoms with Crippen molar-refractivity contribution >= 4 is 11.9 Å². The van der Waals surface area contributed by atoms with Crippen molar-refractivity contribution in [3.05, 3.63) is 0 Å². The number of piperazine rings is 1. The molecule has 14 heteroatoms. The number of carbonyl (C=O) groups is 2. The highest BCUT2D eigenvalue weighted by Gasteiger charge is 2.30. The van der Waals surface area contributed by atoms with Gasteiger partial charge in [-0.3, -0.25) is 19.5 Å². The molecule has 2 unspecified atom stereocenters. The molecule has 0 saturated carbocycles. The average Bonchev–Trinajstić information content (AvgIpc) is 3.71. The third-order valence-electron chi connectivity index (χ3n) is 13.7. The van der Waals surface area contributed by atoms with Crippen LogP contribution in [-0.2, 0) is 38.0 Å². The Morgan fingerprint density at radius 1 is 0.529 bits per heavy atom. The molecule has 1 N–H and O–H groups in total. The molecule has 14 nitrogen and oxygen atoms in total. The van der Waals surface area contributed by atoms with Gasteiger partial charge in [-0.05, 0) is 71.4 Å². The molecule has 1 saturated heterocycles. The van der Waals surface area contributed by atoms with Gasteiger partial charge in [-0.25, -0.2) is 0 Å². The minimum Gasteiger partial charge on any atom is -0.457 e. The van der Waals surface area contributed by atoms with Crippen molar-refractivity contribution in [3.8, 4) is 0 Å². The van der Waals surface area contributed by atoms with Gasteiger partial charge in [-0.1, -0.05) is 148 Å². The molecule has 0 radical (unpaired) electrons. The van der Waals surface area contributed by atoms with Gasteiger partial charge in [0, 0.05) is 78.5 Å². The molecule has 2 atom stereocenters. The van der Waals surface area contributed by atoms with Crippen LogP contribution in [0.1, 0.15) is 214 Å². The van der Waals surface area contributed by atoms with Crippen molar-refractivity contribution in [2.24, 2.45) is 10.3 Å². The molecule has 2 aliphatic rings. The Labute approximate surface area is 429 Å². The number of ether oxygens (including phenoxy) is 6. The first-order valence-corrected chi connectivity index (χ1v) is 29.4. The van der Waals surface area contributed by atoms with E-state index in [-0.39, 0.29) is 36.2 Å². The molecule has 1 fully saturated rings. The first kappa shape index (κ1) is 64.2. The summed E-state index contributed by atoms with van der Waals surface area (Å²) in [6.07, 6.45) is 29.2.